The quantitative estimate of drug-likeness (QED) is 0.303. The predicted molar refractivity (Wildman–Crippen MR) is 114 cm³/mol. The van der Waals surface area contributed by atoms with Gasteiger partial charge in [-0.3, -0.25) is 19.8 Å². The molecule has 3 aliphatic heterocycles. The Hall–Kier alpha value is -2.75. The molecule has 0 radical (unpaired) electrons. The van der Waals surface area contributed by atoms with Crippen molar-refractivity contribution in [2.24, 2.45) is 16.8 Å². The molecule has 10 nitrogen and oxygen atoms in total. The molecule has 176 valence electrons. The predicted octanol–water partition coefficient (Wildman–Crippen LogP) is 2.56. The van der Waals surface area contributed by atoms with Gasteiger partial charge in [0.2, 0.25) is 11.8 Å². The Bertz CT molecular complexity index is 836. The first-order chi connectivity index (χ1) is 14.7. The molecular formula is C22H31N3O7. The van der Waals surface area contributed by atoms with Crippen molar-refractivity contribution in [1.29, 1.82) is 0 Å². The fraction of sp³-hybridized carbons (Fsp3) is 0.682. The average molecular weight is 450 g/mol. The minimum atomic E-state index is -0.855. The number of rotatable bonds is 4. The lowest BCUT2D eigenvalue weighted by atomic mass is 9.85. The van der Waals surface area contributed by atoms with Crippen LogP contribution in [0.25, 0.3) is 0 Å². The first-order valence-corrected chi connectivity index (χ1v) is 10.7. The molecule has 3 aliphatic rings. The van der Waals surface area contributed by atoms with Gasteiger partial charge in [0.1, 0.15) is 17.0 Å². The highest BCUT2D eigenvalue weighted by Crippen LogP contribution is 2.45. The highest BCUT2D eigenvalue weighted by molar-refractivity contribution is 6.06. The Morgan fingerprint density at radius 3 is 2.03 bits per heavy atom. The summed E-state index contributed by atoms with van der Waals surface area (Å²) in [5.74, 6) is -1.39. The van der Waals surface area contributed by atoms with Crippen molar-refractivity contribution in [3.8, 4) is 0 Å². The van der Waals surface area contributed by atoms with E-state index in [4.69, 9.17) is 14.2 Å². The number of nitrogens with zero attached hydrogens (tertiary/aromatic N) is 2. The van der Waals surface area contributed by atoms with E-state index in [1.807, 2.05) is 12.2 Å². The first-order valence-electron chi connectivity index (χ1n) is 10.7. The van der Waals surface area contributed by atoms with E-state index in [-0.39, 0.29) is 42.8 Å². The maximum Gasteiger partial charge on any atom is 0.435 e. The summed E-state index contributed by atoms with van der Waals surface area (Å²) in [4.78, 5) is 54.8. The van der Waals surface area contributed by atoms with Gasteiger partial charge in [-0.05, 0) is 48.0 Å². The highest BCUT2D eigenvalue weighted by Gasteiger charge is 2.60. The second kappa shape index (κ2) is 8.65. The van der Waals surface area contributed by atoms with Gasteiger partial charge in [0.05, 0.1) is 24.0 Å². The Morgan fingerprint density at radius 2 is 1.53 bits per heavy atom. The topological polar surface area (TPSA) is 124 Å². The molecule has 2 saturated heterocycles. The molecule has 0 aliphatic carbocycles. The third-order valence-electron chi connectivity index (χ3n) is 5.06. The van der Waals surface area contributed by atoms with Crippen LogP contribution in [0.2, 0.25) is 0 Å². The van der Waals surface area contributed by atoms with Crippen LogP contribution in [-0.2, 0) is 23.8 Å². The molecule has 0 saturated carbocycles. The molecule has 10 heteroatoms. The summed E-state index contributed by atoms with van der Waals surface area (Å²) in [5.41, 5.74) is -1.48. The third-order valence-corrected chi connectivity index (χ3v) is 5.06. The Balaban J connectivity index is 1.62. The van der Waals surface area contributed by atoms with Crippen molar-refractivity contribution in [1.82, 2.24) is 10.2 Å². The lowest BCUT2D eigenvalue weighted by Gasteiger charge is -2.21. The smallest absolute Gasteiger partial charge is 0.435 e. The van der Waals surface area contributed by atoms with Crippen molar-refractivity contribution in [3.63, 3.8) is 0 Å². The number of carbonyl (C=O) groups excluding carboxylic acids is 4. The molecule has 3 rings (SSSR count). The van der Waals surface area contributed by atoms with Crippen LogP contribution in [0, 0.1) is 11.8 Å². The fourth-order valence-electron chi connectivity index (χ4n) is 3.95. The van der Waals surface area contributed by atoms with Gasteiger partial charge in [0.25, 0.3) is 0 Å². The van der Waals surface area contributed by atoms with Crippen LogP contribution in [0.4, 0.5) is 9.59 Å². The van der Waals surface area contributed by atoms with Gasteiger partial charge < -0.3 is 14.2 Å². The second-order valence-corrected chi connectivity index (χ2v) is 10.1. The van der Waals surface area contributed by atoms with Crippen molar-refractivity contribution in [3.05, 3.63) is 12.2 Å². The second-order valence-electron chi connectivity index (χ2n) is 10.1. The van der Waals surface area contributed by atoms with Crippen LogP contribution in [-0.4, -0.2) is 64.7 Å². The number of fused-ring (bicyclic) bond motifs is 5. The minimum absolute atomic E-state index is 0.0397. The van der Waals surface area contributed by atoms with E-state index in [0.717, 1.165) is 0 Å². The molecule has 4 amide bonds. The molecule has 2 unspecified atom stereocenters. The van der Waals surface area contributed by atoms with Gasteiger partial charge in [-0.15, -0.1) is 0 Å². The van der Waals surface area contributed by atoms with E-state index in [2.05, 4.69) is 10.3 Å². The van der Waals surface area contributed by atoms with E-state index < -0.39 is 35.2 Å². The number of likely N-dealkylation sites (tertiary alicyclic amines) is 1. The molecule has 0 aromatic rings. The molecule has 1 N–H and O–H groups in total. The molecule has 3 heterocycles. The monoisotopic (exact) mass is 449 g/mol. The summed E-state index contributed by atoms with van der Waals surface area (Å²) in [7, 11) is 0. The molecule has 0 aromatic heterocycles. The zero-order valence-corrected chi connectivity index (χ0v) is 19.3. The SMILES string of the molecule is CC(C)(C)OC(=O)N=C(CCCN1C(=O)[C@@H]2C3C=CC(O3)[C@@H]2C1=O)NC(=O)OC(C)(C)C. The third kappa shape index (κ3) is 5.53. The maximum absolute atomic E-state index is 12.7. The van der Waals surface area contributed by atoms with Crippen LogP contribution < -0.4 is 5.32 Å². The van der Waals surface area contributed by atoms with Crippen molar-refractivity contribution < 1.29 is 33.4 Å². The van der Waals surface area contributed by atoms with Gasteiger partial charge in [0.15, 0.2) is 0 Å². The van der Waals surface area contributed by atoms with Crippen molar-refractivity contribution >= 4 is 29.8 Å². The number of nitrogens with one attached hydrogen (secondary N) is 1. The van der Waals surface area contributed by atoms with Gasteiger partial charge in [-0.1, -0.05) is 12.2 Å². The summed E-state index contributed by atoms with van der Waals surface area (Å²) in [5, 5.41) is 2.47. The van der Waals surface area contributed by atoms with Crippen molar-refractivity contribution in [2.45, 2.75) is 77.8 Å². The molecule has 0 spiro atoms. The molecule has 4 atom stereocenters. The Morgan fingerprint density at radius 1 is 1.00 bits per heavy atom. The van der Waals surface area contributed by atoms with Gasteiger partial charge >= 0.3 is 12.2 Å². The zero-order chi connectivity index (χ0) is 23.8. The van der Waals surface area contributed by atoms with Gasteiger partial charge in [-0.2, -0.15) is 4.99 Å². The largest absolute Gasteiger partial charge is 0.444 e. The lowest BCUT2D eigenvalue weighted by Crippen LogP contribution is -2.38. The van der Waals surface area contributed by atoms with Crippen LogP contribution in [0.15, 0.2) is 17.1 Å². The van der Waals surface area contributed by atoms with E-state index >= 15 is 0 Å². The summed E-state index contributed by atoms with van der Waals surface area (Å²) >= 11 is 0. The number of hydrogen-bond acceptors (Lipinski definition) is 7. The molecular weight excluding hydrogens is 418 g/mol. The number of imide groups is 1. The normalized spacial score (nSPS) is 27.1. The Kier molecular flexibility index (Phi) is 6.46. The van der Waals surface area contributed by atoms with Gasteiger partial charge in [-0.25, -0.2) is 9.59 Å². The number of amidine groups is 1. The number of aliphatic imine (C=N–C) groups is 1. The van der Waals surface area contributed by atoms with Gasteiger partial charge in [0, 0.05) is 13.0 Å². The maximum atomic E-state index is 12.7. The lowest BCUT2D eigenvalue weighted by molar-refractivity contribution is -0.142. The van der Waals surface area contributed by atoms with E-state index in [0.29, 0.717) is 6.42 Å². The fourth-order valence-corrected chi connectivity index (χ4v) is 3.95. The van der Waals surface area contributed by atoms with Crippen molar-refractivity contribution in [2.75, 3.05) is 6.54 Å². The number of ether oxygens (including phenoxy) is 3. The zero-order valence-electron chi connectivity index (χ0n) is 19.3. The number of amides is 4. The minimum Gasteiger partial charge on any atom is -0.444 e. The number of carbonyl (C=O) groups is 4. The summed E-state index contributed by atoms with van der Waals surface area (Å²) in [6.07, 6.45) is 1.79. The Labute approximate surface area is 187 Å². The first kappa shape index (κ1) is 23.9. The average Bonchev–Trinajstić information content (AvgIpc) is 3.27. The van der Waals surface area contributed by atoms with Crippen LogP contribution in [0.1, 0.15) is 54.4 Å². The molecule has 0 aromatic carbocycles. The van der Waals surface area contributed by atoms with Crippen LogP contribution in [0.3, 0.4) is 0 Å². The van der Waals surface area contributed by atoms with E-state index in [1.54, 1.807) is 41.5 Å². The van der Waals surface area contributed by atoms with Crippen LogP contribution >= 0.6 is 0 Å². The molecule has 2 bridgehead atoms. The molecule has 32 heavy (non-hydrogen) atoms. The number of hydrogen-bond donors (Lipinski definition) is 1. The van der Waals surface area contributed by atoms with E-state index in [1.165, 1.54) is 4.90 Å². The molecule has 2 fully saturated rings. The van der Waals surface area contributed by atoms with E-state index in [9.17, 15) is 19.2 Å². The van der Waals surface area contributed by atoms with Crippen LogP contribution in [0.5, 0.6) is 0 Å². The standard InChI is InChI=1S/C22H31N3O7/c1-21(2,3)31-19(28)23-14(24-20(29)32-22(4,5)6)8-7-11-25-17(26)15-12-9-10-13(30-12)16(15)18(25)27/h9-10,12-13,15-16H,7-8,11H2,1-6H3,(H,23,24,28,29)/t12?,13?,15-,16+. The summed E-state index contributed by atoms with van der Waals surface area (Å²) in [6.45, 7) is 10.4. The highest BCUT2D eigenvalue weighted by atomic mass is 16.6. The summed E-state index contributed by atoms with van der Waals surface area (Å²) in [6, 6.07) is 0. The number of alkyl carbamates (subject to hydrolysis) is 1. The summed E-state index contributed by atoms with van der Waals surface area (Å²) < 4.78 is 16.0.